The summed E-state index contributed by atoms with van der Waals surface area (Å²) < 4.78 is 41.7. The highest BCUT2D eigenvalue weighted by atomic mass is 19.1. The topological polar surface area (TPSA) is 91.0 Å². The molecule has 1 atom stereocenters. The molecule has 0 radical (unpaired) electrons. The van der Waals surface area contributed by atoms with Gasteiger partial charge in [-0.05, 0) is 25.2 Å². The fraction of sp³-hybridized carbons (Fsp3) is 0.368. The Kier molecular flexibility index (Phi) is 4.44. The third-order valence-electron chi connectivity index (χ3n) is 5.35. The molecule has 28 heavy (non-hydrogen) atoms. The third-order valence-corrected chi connectivity index (χ3v) is 5.35. The number of fused-ring (bicyclic) bond motifs is 1. The van der Waals surface area contributed by atoms with Crippen LogP contribution in [-0.2, 0) is 19.9 Å². The lowest BCUT2D eigenvalue weighted by Crippen LogP contribution is -2.16. The molecule has 0 saturated heterocycles. The number of hydrogen-bond acceptors (Lipinski definition) is 5. The van der Waals surface area contributed by atoms with Crippen molar-refractivity contribution in [3.63, 3.8) is 0 Å². The fourth-order valence-corrected chi connectivity index (χ4v) is 3.95. The Morgan fingerprint density at radius 2 is 1.89 bits per heavy atom. The number of nitrogen functional groups attached to an aromatic ring is 1. The minimum absolute atomic E-state index is 0.0157. The molecule has 4 rings (SSSR count). The van der Waals surface area contributed by atoms with Crippen LogP contribution in [0, 0.1) is 11.6 Å². The molecule has 9 heteroatoms. The molecule has 1 aromatic carbocycles. The van der Waals surface area contributed by atoms with Gasteiger partial charge in [0.05, 0.1) is 20.5 Å². The van der Waals surface area contributed by atoms with Crippen molar-refractivity contribution in [2.75, 3.05) is 20.0 Å². The normalized spacial score (nSPS) is 16.1. The number of H-pyrrole nitrogens is 1. The summed E-state index contributed by atoms with van der Waals surface area (Å²) in [7, 11) is 4.54. The van der Waals surface area contributed by atoms with Gasteiger partial charge in [-0.25, -0.2) is 13.8 Å². The first kappa shape index (κ1) is 18.3. The van der Waals surface area contributed by atoms with E-state index in [1.54, 1.807) is 6.33 Å². The van der Waals surface area contributed by atoms with Crippen LogP contribution < -0.4 is 15.2 Å². The highest BCUT2D eigenvalue weighted by Gasteiger charge is 2.32. The van der Waals surface area contributed by atoms with Crippen molar-refractivity contribution in [1.29, 1.82) is 0 Å². The summed E-state index contributed by atoms with van der Waals surface area (Å²) >= 11 is 0. The van der Waals surface area contributed by atoms with E-state index in [1.165, 1.54) is 20.3 Å². The molecule has 0 bridgehead atoms. The Morgan fingerprint density at radius 1 is 1.21 bits per heavy atom. The van der Waals surface area contributed by atoms with Crippen LogP contribution in [0.1, 0.15) is 29.2 Å². The zero-order valence-electron chi connectivity index (χ0n) is 15.8. The standard InChI is InChI=1S/C19H21F2N5O2/c1-26-8-23-19(22)18(26)17-10-5-4-9(6-11(10)24-25-17)14-15(20)12(27-2)7-13(28-3)16(14)21/h7-9H,4-6,22H2,1-3H3,(H,24,25). The van der Waals surface area contributed by atoms with Gasteiger partial charge in [0.2, 0.25) is 0 Å². The Hall–Kier alpha value is -3.10. The van der Waals surface area contributed by atoms with Crippen LogP contribution in [0.5, 0.6) is 11.5 Å². The first-order chi connectivity index (χ1) is 13.5. The largest absolute Gasteiger partial charge is 0.494 e. The van der Waals surface area contributed by atoms with Gasteiger partial charge in [-0.15, -0.1) is 0 Å². The quantitative estimate of drug-likeness (QED) is 0.716. The zero-order chi connectivity index (χ0) is 20.0. The number of halogens is 2. The van der Waals surface area contributed by atoms with Crippen molar-refractivity contribution in [3.8, 4) is 22.9 Å². The molecule has 148 valence electrons. The van der Waals surface area contributed by atoms with E-state index in [1.807, 2.05) is 11.6 Å². The summed E-state index contributed by atoms with van der Waals surface area (Å²) in [6.45, 7) is 0. The smallest absolute Gasteiger partial charge is 0.171 e. The highest BCUT2D eigenvalue weighted by molar-refractivity contribution is 5.71. The van der Waals surface area contributed by atoms with Gasteiger partial charge >= 0.3 is 0 Å². The minimum atomic E-state index is -0.690. The minimum Gasteiger partial charge on any atom is -0.494 e. The number of anilines is 1. The Balaban J connectivity index is 1.74. The molecule has 0 spiro atoms. The lowest BCUT2D eigenvalue weighted by molar-refractivity contribution is 0.347. The molecule has 2 heterocycles. The number of ether oxygens (including phenoxy) is 2. The molecule has 3 N–H and O–H groups in total. The molecule has 0 aliphatic heterocycles. The van der Waals surface area contributed by atoms with Gasteiger partial charge in [0.15, 0.2) is 29.0 Å². The number of imidazole rings is 1. The fourth-order valence-electron chi connectivity index (χ4n) is 3.95. The summed E-state index contributed by atoms with van der Waals surface area (Å²) in [5.74, 6) is -1.42. The number of aromatic nitrogens is 4. The molecule has 1 aliphatic carbocycles. The molecule has 0 fully saturated rings. The summed E-state index contributed by atoms with van der Waals surface area (Å²) in [5.41, 5.74) is 9.27. The first-order valence-corrected chi connectivity index (χ1v) is 8.89. The maximum absolute atomic E-state index is 14.9. The number of aryl methyl sites for hydroxylation is 1. The zero-order valence-corrected chi connectivity index (χ0v) is 15.8. The lowest BCUT2D eigenvalue weighted by Gasteiger charge is -2.24. The van der Waals surface area contributed by atoms with Gasteiger partial charge in [-0.1, -0.05) is 0 Å². The van der Waals surface area contributed by atoms with Crippen molar-refractivity contribution in [1.82, 2.24) is 19.7 Å². The monoisotopic (exact) mass is 389 g/mol. The van der Waals surface area contributed by atoms with Gasteiger partial charge < -0.3 is 19.8 Å². The Morgan fingerprint density at radius 3 is 2.46 bits per heavy atom. The van der Waals surface area contributed by atoms with E-state index in [4.69, 9.17) is 15.2 Å². The van der Waals surface area contributed by atoms with Crippen molar-refractivity contribution in [2.45, 2.75) is 25.2 Å². The van der Waals surface area contributed by atoms with Crippen LogP contribution in [-0.4, -0.2) is 34.0 Å². The maximum Gasteiger partial charge on any atom is 0.171 e. The Bertz CT molecular complexity index is 996. The molecular formula is C19H21F2N5O2. The number of nitrogens with zero attached hydrogens (tertiary/aromatic N) is 3. The van der Waals surface area contributed by atoms with E-state index < -0.39 is 11.6 Å². The van der Waals surface area contributed by atoms with Gasteiger partial charge in [0, 0.05) is 29.9 Å². The van der Waals surface area contributed by atoms with E-state index in [9.17, 15) is 8.78 Å². The van der Waals surface area contributed by atoms with Crippen LogP contribution >= 0.6 is 0 Å². The number of nitrogens with one attached hydrogen (secondary N) is 1. The number of rotatable bonds is 4. The highest BCUT2D eigenvalue weighted by Crippen LogP contribution is 2.42. The molecule has 2 aromatic heterocycles. The van der Waals surface area contributed by atoms with E-state index in [-0.39, 0.29) is 23.0 Å². The molecule has 3 aromatic rings. The van der Waals surface area contributed by atoms with Crippen molar-refractivity contribution in [3.05, 3.63) is 40.8 Å². The SMILES string of the molecule is COc1cc(OC)c(F)c(C2CCc3c(-c4c(N)ncn4C)n[nH]c3C2)c1F. The molecular weight excluding hydrogens is 368 g/mol. The number of methoxy groups -OCH3 is 2. The van der Waals surface area contributed by atoms with Crippen LogP contribution in [0.25, 0.3) is 11.4 Å². The summed E-state index contributed by atoms with van der Waals surface area (Å²) in [5, 5.41) is 7.41. The van der Waals surface area contributed by atoms with Crippen molar-refractivity contribution in [2.24, 2.45) is 7.05 Å². The second-order valence-corrected chi connectivity index (χ2v) is 6.88. The van der Waals surface area contributed by atoms with Crippen LogP contribution in [0.4, 0.5) is 14.6 Å². The molecule has 0 saturated carbocycles. The second kappa shape index (κ2) is 6.81. The van der Waals surface area contributed by atoms with E-state index >= 15 is 0 Å². The first-order valence-electron chi connectivity index (χ1n) is 8.89. The molecule has 0 amide bonds. The van der Waals surface area contributed by atoms with Gasteiger partial charge in [0.1, 0.15) is 11.4 Å². The van der Waals surface area contributed by atoms with Gasteiger partial charge in [-0.3, -0.25) is 5.10 Å². The number of nitrogens with two attached hydrogens (primary N) is 1. The average molecular weight is 389 g/mol. The Labute approximate surface area is 160 Å². The molecule has 1 unspecified atom stereocenters. The average Bonchev–Trinajstić information content (AvgIpc) is 3.24. The van der Waals surface area contributed by atoms with Crippen LogP contribution in [0.3, 0.4) is 0 Å². The number of aromatic amines is 1. The summed E-state index contributed by atoms with van der Waals surface area (Å²) in [4.78, 5) is 4.10. The van der Waals surface area contributed by atoms with E-state index in [0.717, 1.165) is 22.6 Å². The van der Waals surface area contributed by atoms with Crippen LogP contribution in [0.15, 0.2) is 12.4 Å². The van der Waals surface area contributed by atoms with Gasteiger partial charge in [0.25, 0.3) is 0 Å². The lowest BCUT2D eigenvalue weighted by atomic mass is 9.81. The molecule has 7 nitrogen and oxygen atoms in total. The maximum atomic E-state index is 14.9. The van der Waals surface area contributed by atoms with Crippen molar-refractivity contribution < 1.29 is 18.3 Å². The van der Waals surface area contributed by atoms with E-state index in [0.29, 0.717) is 25.1 Å². The third kappa shape index (κ3) is 2.69. The van der Waals surface area contributed by atoms with Crippen LogP contribution in [0.2, 0.25) is 0 Å². The van der Waals surface area contributed by atoms with Crippen molar-refractivity contribution >= 4 is 5.82 Å². The second-order valence-electron chi connectivity index (χ2n) is 6.88. The van der Waals surface area contributed by atoms with Gasteiger partial charge in [-0.2, -0.15) is 5.10 Å². The predicted molar refractivity (Wildman–Crippen MR) is 99.4 cm³/mol. The molecule has 1 aliphatic rings. The predicted octanol–water partition coefficient (Wildman–Crippen LogP) is 2.96. The van der Waals surface area contributed by atoms with E-state index in [2.05, 4.69) is 15.2 Å². The summed E-state index contributed by atoms with van der Waals surface area (Å²) in [6.07, 6.45) is 3.21. The number of benzene rings is 1. The summed E-state index contributed by atoms with van der Waals surface area (Å²) in [6, 6.07) is 1.22. The number of hydrogen-bond donors (Lipinski definition) is 2.